The van der Waals surface area contributed by atoms with Gasteiger partial charge in [0.15, 0.2) is 0 Å². The van der Waals surface area contributed by atoms with E-state index in [-0.39, 0.29) is 5.97 Å². The van der Waals surface area contributed by atoms with Crippen LogP contribution in [0, 0.1) is 0 Å². The quantitative estimate of drug-likeness (QED) is 0.103. The molecule has 0 aromatic carbocycles. The van der Waals surface area contributed by atoms with Gasteiger partial charge in [0, 0.05) is 6.42 Å². The van der Waals surface area contributed by atoms with E-state index in [1.165, 1.54) is 0 Å². The molecule has 0 aliphatic rings. The largest absolute Gasteiger partial charge is 0.463 e. The van der Waals surface area contributed by atoms with Crippen LogP contribution in [0.5, 0.6) is 0 Å². The van der Waals surface area contributed by atoms with Crippen LogP contribution in [0.1, 0.15) is 32.6 Å². The Hall–Kier alpha value is -1.07. The van der Waals surface area contributed by atoms with Gasteiger partial charge >= 0.3 is 5.97 Å². The first-order chi connectivity index (χ1) is 15.8. The zero-order valence-electron chi connectivity index (χ0n) is 19.9. The number of rotatable bonds is 27. The zero-order valence-corrected chi connectivity index (χ0v) is 19.9. The van der Waals surface area contributed by atoms with Crippen molar-refractivity contribution < 1.29 is 42.7 Å². The molecule has 0 fully saturated rings. The van der Waals surface area contributed by atoms with Crippen molar-refractivity contribution in [3.8, 4) is 0 Å². The monoisotopic (exact) mass is 464 g/mol. The molecule has 0 saturated carbocycles. The molecule has 0 bridgehead atoms. The third-order valence-corrected chi connectivity index (χ3v) is 3.94. The van der Waals surface area contributed by atoms with Crippen LogP contribution in [0.15, 0.2) is 12.7 Å². The summed E-state index contributed by atoms with van der Waals surface area (Å²) in [6.07, 6.45) is 5.23. The van der Waals surface area contributed by atoms with Crippen molar-refractivity contribution in [1.82, 2.24) is 0 Å². The van der Waals surface area contributed by atoms with Gasteiger partial charge in [0.2, 0.25) is 0 Å². The van der Waals surface area contributed by atoms with Crippen molar-refractivity contribution in [1.29, 1.82) is 0 Å². The molecule has 0 spiro atoms. The fourth-order valence-electron chi connectivity index (χ4n) is 2.29. The highest BCUT2D eigenvalue weighted by molar-refractivity contribution is 5.69. The topological polar surface area (TPSA) is 90.9 Å². The normalized spacial score (nSPS) is 11.0. The molecule has 0 aliphatic carbocycles. The predicted molar refractivity (Wildman–Crippen MR) is 121 cm³/mol. The fraction of sp³-hybridized carbons (Fsp3) is 0.870. The lowest BCUT2D eigenvalue weighted by Gasteiger charge is -2.08. The van der Waals surface area contributed by atoms with Gasteiger partial charge < -0.3 is 37.9 Å². The Morgan fingerprint density at radius 1 is 0.594 bits per heavy atom. The Kier molecular flexibility index (Phi) is 27.0. The van der Waals surface area contributed by atoms with Crippen LogP contribution in [0.2, 0.25) is 0 Å². The highest BCUT2D eigenvalue weighted by atomic mass is 16.6. The number of esters is 1. The van der Waals surface area contributed by atoms with Crippen molar-refractivity contribution in [3.05, 3.63) is 12.7 Å². The minimum atomic E-state index is -0.154. The molecule has 9 heteroatoms. The number of ether oxygens (including phenoxy) is 8. The van der Waals surface area contributed by atoms with E-state index in [2.05, 4.69) is 13.5 Å². The van der Waals surface area contributed by atoms with E-state index < -0.39 is 0 Å². The lowest BCUT2D eigenvalue weighted by molar-refractivity contribution is -0.145. The van der Waals surface area contributed by atoms with Crippen molar-refractivity contribution in [2.75, 3.05) is 99.1 Å². The first-order valence-corrected chi connectivity index (χ1v) is 11.6. The Labute approximate surface area is 193 Å². The van der Waals surface area contributed by atoms with Gasteiger partial charge in [-0.05, 0) is 6.42 Å². The zero-order chi connectivity index (χ0) is 23.4. The van der Waals surface area contributed by atoms with Crippen LogP contribution in [0.3, 0.4) is 0 Å². The summed E-state index contributed by atoms with van der Waals surface area (Å²) in [6, 6.07) is 0. The molecular weight excluding hydrogens is 420 g/mol. The maximum Gasteiger partial charge on any atom is 0.305 e. The van der Waals surface area contributed by atoms with E-state index in [9.17, 15) is 4.79 Å². The molecule has 0 amide bonds. The second-order valence-electron chi connectivity index (χ2n) is 6.72. The maximum atomic E-state index is 11.4. The van der Waals surface area contributed by atoms with Gasteiger partial charge in [-0.3, -0.25) is 4.79 Å². The standard InChI is InChI=1S/C23H44O9/c1-3-5-6-7-23(24)32-22-21-31-20-19-30-18-17-29-16-15-28-14-13-27-12-11-26-10-9-25-8-4-2/h4H,2-3,5-22H2,1H3. The molecule has 0 rings (SSSR count). The average Bonchev–Trinajstić information content (AvgIpc) is 2.79. The van der Waals surface area contributed by atoms with Crippen LogP contribution >= 0.6 is 0 Å². The minimum Gasteiger partial charge on any atom is -0.463 e. The van der Waals surface area contributed by atoms with Crippen molar-refractivity contribution >= 4 is 5.97 Å². The maximum absolute atomic E-state index is 11.4. The van der Waals surface area contributed by atoms with Crippen LogP contribution in [0.25, 0.3) is 0 Å². The lowest BCUT2D eigenvalue weighted by atomic mass is 10.2. The third kappa shape index (κ3) is 27.0. The number of hydrogen-bond donors (Lipinski definition) is 0. The Morgan fingerprint density at radius 2 is 0.969 bits per heavy atom. The second-order valence-corrected chi connectivity index (χ2v) is 6.72. The molecule has 0 unspecified atom stereocenters. The van der Waals surface area contributed by atoms with E-state index >= 15 is 0 Å². The summed E-state index contributed by atoms with van der Waals surface area (Å²) in [6.45, 7) is 13.1. The van der Waals surface area contributed by atoms with Crippen LogP contribution in [-0.4, -0.2) is 105 Å². The van der Waals surface area contributed by atoms with Crippen LogP contribution in [0.4, 0.5) is 0 Å². The highest BCUT2D eigenvalue weighted by Gasteiger charge is 2.01. The van der Waals surface area contributed by atoms with Crippen molar-refractivity contribution in [2.24, 2.45) is 0 Å². The van der Waals surface area contributed by atoms with Gasteiger partial charge in [0.25, 0.3) is 0 Å². The Morgan fingerprint density at radius 3 is 1.34 bits per heavy atom. The van der Waals surface area contributed by atoms with Gasteiger partial charge in [-0.1, -0.05) is 25.8 Å². The summed E-state index contributed by atoms with van der Waals surface area (Å²) in [5.41, 5.74) is 0. The summed E-state index contributed by atoms with van der Waals surface area (Å²) < 4.78 is 42.6. The SMILES string of the molecule is C=CCOCCOCCOCCOCCOCCOCCOCCOC(=O)CCCCC. The minimum absolute atomic E-state index is 0.154. The van der Waals surface area contributed by atoms with Crippen molar-refractivity contribution in [3.63, 3.8) is 0 Å². The third-order valence-electron chi connectivity index (χ3n) is 3.94. The van der Waals surface area contributed by atoms with Crippen LogP contribution in [-0.2, 0) is 42.7 Å². The highest BCUT2D eigenvalue weighted by Crippen LogP contribution is 2.00. The Bertz CT molecular complexity index is 394. The summed E-state index contributed by atoms with van der Waals surface area (Å²) in [5, 5.41) is 0. The summed E-state index contributed by atoms with van der Waals surface area (Å²) in [7, 11) is 0. The van der Waals surface area contributed by atoms with Gasteiger partial charge in [-0.25, -0.2) is 0 Å². The molecule has 0 heterocycles. The fourth-order valence-corrected chi connectivity index (χ4v) is 2.29. The van der Waals surface area contributed by atoms with E-state index in [1.54, 1.807) is 6.08 Å². The molecule has 9 nitrogen and oxygen atoms in total. The molecule has 0 aromatic rings. The second kappa shape index (κ2) is 28.0. The average molecular weight is 465 g/mol. The lowest BCUT2D eigenvalue weighted by Crippen LogP contribution is -2.15. The number of carbonyl (C=O) groups excluding carboxylic acids is 1. The van der Waals surface area contributed by atoms with Gasteiger partial charge in [-0.15, -0.1) is 6.58 Å². The summed E-state index contributed by atoms with van der Waals surface area (Å²) in [5.74, 6) is -0.154. The molecule has 0 atom stereocenters. The smallest absolute Gasteiger partial charge is 0.305 e. The van der Waals surface area contributed by atoms with E-state index in [4.69, 9.17) is 37.9 Å². The van der Waals surface area contributed by atoms with Gasteiger partial charge in [0.1, 0.15) is 6.61 Å². The van der Waals surface area contributed by atoms with Crippen molar-refractivity contribution in [2.45, 2.75) is 32.6 Å². The molecule has 190 valence electrons. The van der Waals surface area contributed by atoms with Gasteiger partial charge in [0.05, 0.1) is 92.5 Å². The first-order valence-electron chi connectivity index (χ1n) is 11.6. The van der Waals surface area contributed by atoms with Gasteiger partial charge in [-0.2, -0.15) is 0 Å². The first kappa shape index (κ1) is 30.9. The molecule has 32 heavy (non-hydrogen) atoms. The molecule has 0 saturated heterocycles. The summed E-state index contributed by atoms with van der Waals surface area (Å²) in [4.78, 5) is 11.4. The molecule has 0 N–H and O–H groups in total. The number of hydrogen-bond acceptors (Lipinski definition) is 9. The molecule has 0 aromatic heterocycles. The Balaban J connectivity index is 3.06. The molecule has 0 aliphatic heterocycles. The summed E-state index contributed by atoms with van der Waals surface area (Å²) >= 11 is 0. The molecular formula is C23H44O9. The van der Waals surface area contributed by atoms with E-state index in [1.807, 2.05) is 0 Å². The van der Waals surface area contributed by atoms with Crippen LogP contribution < -0.4 is 0 Å². The predicted octanol–water partition coefficient (Wildman–Crippen LogP) is 2.41. The number of carbonyl (C=O) groups is 1. The van der Waals surface area contributed by atoms with E-state index in [0.29, 0.717) is 106 Å². The number of unbranched alkanes of at least 4 members (excludes halogenated alkanes) is 2. The molecule has 0 radical (unpaired) electrons. The van der Waals surface area contributed by atoms with E-state index in [0.717, 1.165) is 19.3 Å².